The molecular weight excluding hydrogens is 444 g/mol. The summed E-state index contributed by atoms with van der Waals surface area (Å²) in [6.07, 6.45) is 5.02. The SMILES string of the molecule is O=C(O)CCC(NC(=O)OCC1c2ccccc2-c2ccccc21)C(=O)NCC12CCCCC1C2. The number of amides is 2. The van der Waals surface area contributed by atoms with Crippen LogP contribution in [-0.2, 0) is 14.3 Å². The Hall–Kier alpha value is -3.35. The first-order chi connectivity index (χ1) is 17.0. The van der Waals surface area contributed by atoms with Gasteiger partial charge in [-0.25, -0.2) is 4.79 Å². The minimum Gasteiger partial charge on any atom is -0.481 e. The molecule has 3 aliphatic rings. The third-order valence-electron chi connectivity index (χ3n) is 8.05. The van der Waals surface area contributed by atoms with Crippen molar-refractivity contribution in [3.8, 4) is 11.1 Å². The van der Waals surface area contributed by atoms with Gasteiger partial charge in [0.1, 0.15) is 12.6 Å². The van der Waals surface area contributed by atoms with Gasteiger partial charge in [0.25, 0.3) is 0 Å². The Morgan fingerprint density at radius 1 is 1.03 bits per heavy atom. The van der Waals surface area contributed by atoms with Crippen molar-refractivity contribution in [2.45, 2.75) is 56.9 Å². The van der Waals surface area contributed by atoms with Crippen LogP contribution in [0.1, 0.15) is 62.0 Å². The maximum Gasteiger partial charge on any atom is 0.407 e. The van der Waals surface area contributed by atoms with Crippen molar-refractivity contribution in [3.63, 3.8) is 0 Å². The average Bonchev–Trinajstić information content (AvgIpc) is 3.52. The predicted octanol–water partition coefficient (Wildman–Crippen LogP) is 4.46. The minimum atomic E-state index is -1.01. The van der Waals surface area contributed by atoms with Gasteiger partial charge in [-0.2, -0.15) is 0 Å². The largest absolute Gasteiger partial charge is 0.481 e. The van der Waals surface area contributed by atoms with Gasteiger partial charge in [-0.05, 0) is 59.3 Å². The summed E-state index contributed by atoms with van der Waals surface area (Å²) in [5, 5.41) is 14.7. The summed E-state index contributed by atoms with van der Waals surface area (Å²) in [6, 6.07) is 15.2. The zero-order chi connectivity index (χ0) is 24.4. The highest BCUT2D eigenvalue weighted by molar-refractivity contribution is 5.86. The van der Waals surface area contributed by atoms with Crippen molar-refractivity contribution >= 4 is 18.0 Å². The number of rotatable bonds is 9. The number of ether oxygens (including phenoxy) is 1. The van der Waals surface area contributed by atoms with E-state index in [-0.39, 0.29) is 36.7 Å². The number of carbonyl (C=O) groups is 3. The van der Waals surface area contributed by atoms with Gasteiger partial charge in [-0.15, -0.1) is 0 Å². The maximum atomic E-state index is 12.9. The summed E-state index contributed by atoms with van der Waals surface area (Å²) in [5.74, 6) is -0.753. The second-order valence-electron chi connectivity index (χ2n) is 10.2. The second kappa shape index (κ2) is 9.72. The number of carbonyl (C=O) groups excluding carboxylic acids is 2. The van der Waals surface area contributed by atoms with E-state index in [1.165, 1.54) is 19.3 Å². The van der Waals surface area contributed by atoms with Gasteiger partial charge in [-0.3, -0.25) is 9.59 Å². The average molecular weight is 477 g/mol. The van der Waals surface area contributed by atoms with E-state index in [9.17, 15) is 14.4 Å². The molecule has 3 N–H and O–H groups in total. The number of nitrogens with one attached hydrogen (secondary N) is 2. The number of hydrogen-bond acceptors (Lipinski definition) is 4. The van der Waals surface area contributed by atoms with Crippen molar-refractivity contribution in [2.75, 3.05) is 13.2 Å². The molecule has 3 unspecified atom stereocenters. The van der Waals surface area contributed by atoms with Crippen LogP contribution in [0.25, 0.3) is 11.1 Å². The third-order valence-corrected chi connectivity index (χ3v) is 8.05. The van der Waals surface area contributed by atoms with Crippen LogP contribution in [0.3, 0.4) is 0 Å². The minimum absolute atomic E-state index is 0.0157. The molecule has 3 aliphatic carbocycles. The van der Waals surface area contributed by atoms with E-state index in [1.54, 1.807) is 0 Å². The molecule has 0 aliphatic heterocycles. The number of benzene rings is 2. The topological polar surface area (TPSA) is 105 Å². The first-order valence-corrected chi connectivity index (χ1v) is 12.6. The van der Waals surface area contributed by atoms with Crippen LogP contribution in [0.2, 0.25) is 0 Å². The third kappa shape index (κ3) is 4.90. The molecule has 2 saturated carbocycles. The lowest BCUT2D eigenvalue weighted by molar-refractivity contribution is -0.137. The fraction of sp³-hybridized carbons (Fsp3) is 0.464. The summed E-state index contributed by atoms with van der Waals surface area (Å²) in [5.41, 5.74) is 4.68. The summed E-state index contributed by atoms with van der Waals surface area (Å²) in [7, 11) is 0. The summed E-state index contributed by atoms with van der Waals surface area (Å²) in [4.78, 5) is 36.7. The molecule has 0 bridgehead atoms. The summed E-state index contributed by atoms with van der Waals surface area (Å²) < 4.78 is 5.57. The monoisotopic (exact) mass is 476 g/mol. The van der Waals surface area contributed by atoms with Gasteiger partial charge in [0.2, 0.25) is 5.91 Å². The molecule has 2 fully saturated rings. The molecular formula is C28H32N2O5. The first-order valence-electron chi connectivity index (χ1n) is 12.6. The molecule has 3 atom stereocenters. The highest BCUT2D eigenvalue weighted by Crippen LogP contribution is 2.60. The van der Waals surface area contributed by atoms with E-state index < -0.39 is 18.1 Å². The summed E-state index contributed by atoms with van der Waals surface area (Å²) in [6.45, 7) is 0.727. The molecule has 2 aromatic carbocycles. The Morgan fingerprint density at radius 3 is 2.37 bits per heavy atom. The van der Waals surface area contributed by atoms with Crippen molar-refractivity contribution in [1.82, 2.24) is 10.6 Å². The highest BCUT2D eigenvalue weighted by atomic mass is 16.5. The standard InChI is InChI=1S/C28H32N2O5/c31-25(32)13-12-24(26(33)29-17-28-14-6-5-7-18(28)15-28)30-27(34)35-16-23-21-10-3-1-8-19(21)20-9-2-4-11-22(20)23/h1-4,8-11,18,23-24H,5-7,12-17H2,(H,29,33)(H,30,34)(H,31,32). The van der Waals surface area contributed by atoms with E-state index in [0.29, 0.717) is 12.5 Å². The van der Waals surface area contributed by atoms with Gasteiger partial charge < -0.3 is 20.5 Å². The molecule has 0 radical (unpaired) electrons. The van der Waals surface area contributed by atoms with Crippen LogP contribution in [0.15, 0.2) is 48.5 Å². The van der Waals surface area contributed by atoms with Crippen LogP contribution >= 0.6 is 0 Å². The lowest BCUT2D eigenvalue weighted by Gasteiger charge is -2.24. The molecule has 0 spiro atoms. The number of hydrogen-bond donors (Lipinski definition) is 3. The van der Waals surface area contributed by atoms with Gasteiger partial charge in [0.15, 0.2) is 0 Å². The quantitative estimate of drug-likeness (QED) is 0.496. The Bertz CT molecular complexity index is 1090. The van der Waals surface area contributed by atoms with Gasteiger partial charge in [0.05, 0.1) is 0 Å². The van der Waals surface area contributed by atoms with Crippen LogP contribution in [0.5, 0.6) is 0 Å². The second-order valence-corrected chi connectivity index (χ2v) is 10.2. The lowest BCUT2D eigenvalue weighted by Crippen LogP contribution is -2.48. The number of aliphatic carboxylic acids is 1. The number of carboxylic acids is 1. The Labute approximate surface area is 205 Å². The van der Waals surface area contributed by atoms with Crippen molar-refractivity contribution < 1.29 is 24.2 Å². The zero-order valence-corrected chi connectivity index (χ0v) is 19.8. The van der Waals surface area contributed by atoms with Gasteiger partial charge >= 0.3 is 12.1 Å². The fourth-order valence-corrected chi connectivity index (χ4v) is 6.02. The Morgan fingerprint density at radius 2 is 1.71 bits per heavy atom. The van der Waals surface area contributed by atoms with Crippen LogP contribution in [0.4, 0.5) is 4.79 Å². The van der Waals surface area contributed by atoms with Crippen molar-refractivity contribution in [3.05, 3.63) is 59.7 Å². The smallest absolute Gasteiger partial charge is 0.407 e. The van der Waals surface area contributed by atoms with E-state index in [0.717, 1.165) is 35.1 Å². The number of alkyl carbamates (subject to hydrolysis) is 1. The van der Waals surface area contributed by atoms with E-state index in [4.69, 9.17) is 9.84 Å². The molecule has 35 heavy (non-hydrogen) atoms. The zero-order valence-electron chi connectivity index (χ0n) is 19.8. The Kier molecular flexibility index (Phi) is 6.50. The van der Waals surface area contributed by atoms with Gasteiger partial charge in [-0.1, -0.05) is 61.4 Å². The molecule has 7 heteroatoms. The van der Waals surface area contributed by atoms with Crippen LogP contribution < -0.4 is 10.6 Å². The molecule has 2 aromatic rings. The molecule has 184 valence electrons. The normalized spacial score (nSPS) is 22.8. The first kappa shape index (κ1) is 23.4. The molecule has 5 rings (SSSR count). The van der Waals surface area contributed by atoms with Crippen molar-refractivity contribution in [1.29, 1.82) is 0 Å². The van der Waals surface area contributed by atoms with E-state index in [1.807, 2.05) is 36.4 Å². The molecule has 0 saturated heterocycles. The van der Waals surface area contributed by atoms with Crippen molar-refractivity contribution in [2.24, 2.45) is 11.3 Å². The summed E-state index contributed by atoms with van der Waals surface area (Å²) >= 11 is 0. The fourth-order valence-electron chi connectivity index (χ4n) is 6.02. The number of carboxylic acid groups (broad SMARTS) is 1. The molecule has 0 heterocycles. The van der Waals surface area contributed by atoms with Crippen LogP contribution in [0, 0.1) is 11.3 Å². The lowest BCUT2D eigenvalue weighted by atomic mass is 9.88. The van der Waals surface area contributed by atoms with E-state index >= 15 is 0 Å². The maximum absolute atomic E-state index is 12.9. The molecule has 0 aromatic heterocycles. The highest BCUT2D eigenvalue weighted by Gasteiger charge is 2.54. The molecule has 2 amide bonds. The number of fused-ring (bicyclic) bond motifs is 4. The van der Waals surface area contributed by atoms with Crippen LogP contribution in [-0.4, -0.2) is 42.3 Å². The molecule has 7 nitrogen and oxygen atoms in total. The predicted molar refractivity (Wildman–Crippen MR) is 131 cm³/mol. The van der Waals surface area contributed by atoms with E-state index in [2.05, 4.69) is 22.8 Å². The van der Waals surface area contributed by atoms with Gasteiger partial charge in [0, 0.05) is 18.9 Å². The Balaban J connectivity index is 1.20.